The highest BCUT2D eigenvalue weighted by atomic mass is 16.1. The van der Waals surface area contributed by atoms with Gasteiger partial charge in [-0.15, -0.1) is 0 Å². The molecular formula is C11H23N3O. The number of carbonyl (C=O) groups is 1. The molecule has 0 spiro atoms. The SMILES string of the molecule is CNC(=O)CCCN(C)CC1CCCN1. The number of hydrogen-bond donors (Lipinski definition) is 2. The molecule has 2 N–H and O–H groups in total. The van der Waals surface area contributed by atoms with Crippen LogP contribution >= 0.6 is 0 Å². The summed E-state index contributed by atoms with van der Waals surface area (Å²) in [5, 5.41) is 6.12. The molecule has 15 heavy (non-hydrogen) atoms. The fraction of sp³-hybridized carbons (Fsp3) is 0.909. The Hall–Kier alpha value is -0.610. The first kappa shape index (κ1) is 12.5. The molecule has 1 amide bonds. The van der Waals surface area contributed by atoms with E-state index >= 15 is 0 Å². The molecule has 0 aromatic carbocycles. The molecule has 0 aliphatic carbocycles. The minimum Gasteiger partial charge on any atom is -0.359 e. The van der Waals surface area contributed by atoms with Gasteiger partial charge < -0.3 is 15.5 Å². The van der Waals surface area contributed by atoms with E-state index in [0.717, 1.165) is 26.1 Å². The van der Waals surface area contributed by atoms with Crippen molar-refractivity contribution in [3.63, 3.8) is 0 Å². The highest BCUT2D eigenvalue weighted by Gasteiger charge is 2.15. The molecule has 0 bridgehead atoms. The molecule has 4 heteroatoms. The second-order valence-corrected chi connectivity index (χ2v) is 4.33. The van der Waals surface area contributed by atoms with E-state index in [1.807, 2.05) is 0 Å². The second kappa shape index (κ2) is 6.80. The van der Waals surface area contributed by atoms with E-state index in [9.17, 15) is 4.79 Å². The van der Waals surface area contributed by atoms with Crippen molar-refractivity contribution in [3.8, 4) is 0 Å². The first-order valence-electron chi connectivity index (χ1n) is 5.85. The molecule has 1 fully saturated rings. The Morgan fingerprint density at radius 1 is 1.60 bits per heavy atom. The maximum atomic E-state index is 11.0. The van der Waals surface area contributed by atoms with Crippen LogP contribution in [-0.4, -0.2) is 50.6 Å². The first-order valence-corrected chi connectivity index (χ1v) is 5.85. The smallest absolute Gasteiger partial charge is 0.219 e. The second-order valence-electron chi connectivity index (χ2n) is 4.33. The predicted molar refractivity (Wildman–Crippen MR) is 61.8 cm³/mol. The van der Waals surface area contributed by atoms with Gasteiger partial charge >= 0.3 is 0 Å². The number of amides is 1. The van der Waals surface area contributed by atoms with Gasteiger partial charge in [0.15, 0.2) is 0 Å². The van der Waals surface area contributed by atoms with Crippen molar-refractivity contribution in [3.05, 3.63) is 0 Å². The summed E-state index contributed by atoms with van der Waals surface area (Å²) in [5.74, 6) is 0.141. The number of carbonyl (C=O) groups excluding carboxylic acids is 1. The summed E-state index contributed by atoms with van der Waals surface area (Å²) in [7, 11) is 3.82. The molecule has 0 aromatic heterocycles. The van der Waals surface area contributed by atoms with Gasteiger partial charge in [0.05, 0.1) is 0 Å². The molecule has 0 saturated carbocycles. The van der Waals surface area contributed by atoms with Gasteiger partial charge in [-0.05, 0) is 39.4 Å². The summed E-state index contributed by atoms with van der Waals surface area (Å²) in [5.41, 5.74) is 0. The van der Waals surface area contributed by atoms with Gasteiger partial charge in [0.25, 0.3) is 0 Å². The summed E-state index contributed by atoms with van der Waals surface area (Å²) in [4.78, 5) is 13.3. The molecule has 1 atom stereocenters. The Kier molecular flexibility index (Phi) is 5.65. The number of likely N-dealkylation sites (N-methyl/N-ethyl adjacent to an activating group) is 1. The van der Waals surface area contributed by atoms with E-state index in [1.54, 1.807) is 7.05 Å². The van der Waals surface area contributed by atoms with Crippen LogP contribution in [0, 0.1) is 0 Å². The molecule has 1 aliphatic heterocycles. The molecular weight excluding hydrogens is 190 g/mol. The fourth-order valence-corrected chi connectivity index (χ4v) is 2.01. The van der Waals surface area contributed by atoms with Gasteiger partial charge in [0.1, 0.15) is 0 Å². The van der Waals surface area contributed by atoms with Crippen LogP contribution in [0.2, 0.25) is 0 Å². The summed E-state index contributed by atoms with van der Waals surface area (Å²) >= 11 is 0. The Labute approximate surface area is 92.4 Å². The first-order chi connectivity index (χ1) is 7.22. The van der Waals surface area contributed by atoms with Crippen molar-refractivity contribution < 1.29 is 4.79 Å². The third-order valence-corrected chi connectivity index (χ3v) is 2.92. The van der Waals surface area contributed by atoms with Gasteiger partial charge in [-0.25, -0.2) is 0 Å². The Morgan fingerprint density at radius 3 is 3.00 bits per heavy atom. The van der Waals surface area contributed by atoms with E-state index < -0.39 is 0 Å². The van der Waals surface area contributed by atoms with Crippen LogP contribution in [0.3, 0.4) is 0 Å². The van der Waals surface area contributed by atoms with E-state index in [0.29, 0.717) is 12.5 Å². The summed E-state index contributed by atoms with van der Waals surface area (Å²) in [6.07, 6.45) is 4.18. The van der Waals surface area contributed by atoms with E-state index in [2.05, 4.69) is 22.6 Å². The molecule has 88 valence electrons. The lowest BCUT2D eigenvalue weighted by Gasteiger charge is -2.20. The van der Waals surface area contributed by atoms with Gasteiger partial charge in [-0.3, -0.25) is 4.79 Å². The van der Waals surface area contributed by atoms with Crippen LogP contribution in [-0.2, 0) is 4.79 Å². The average molecular weight is 213 g/mol. The maximum absolute atomic E-state index is 11.0. The van der Waals surface area contributed by atoms with E-state index in [1.165, 1.54) is 12.8 Å². The largest absolute Gasteiger partial charge is 0.359 e. The van der Waals surface area contributed by atoms with E-state index in [4.69, 9.17) is 0 Å². The van der Waals surface area contributed by atoms with Crippen molar-refractivity contribution in [1.82, 2.24) is 15.5 Å². The van der Waals surface area contributed by atoms with Gasteiger partial charge in [-0.2, -0.15) is 0 Å². The molecule has 1 heterocycles. The lowest BCUT2D eigenvalue weighted by atomic mass is 10.2. The highest BCUT2D eigenvalue weighted by Crippen LogP contribution is 2.06. The number of rotatable bonds is 6. The summed E-state index contributed by atoms with van der Waals surface area (Å²) in [6.45, 7) is 3.27. The maximum Gasteiger partial charge on any atom is 0.219 e. The average Bonchev–Trinajstić information content (AvgIpc) is 2.70. The zero-order valence-corrected chi connectivity index (χ0v) is 9.88. The third kappa shape index (κ3) is 5.14. The molecule has 0 radical (unpaired) electrons. The minimum absolute atomic E-state index is 0.141. The zero-order chi connectivity index (χ0) is 11.1. The lowest BCUT2D eigenvalue weighted by molar-refractivity contribution is -0.120. The zero-order valence-electron chi connectivity index (χ0n) is 9.88. The summed E-state index contributed by atoms with van der Waals surface area (Å²) in [6, 6.07) is 0.662. The van der Waals surface area contributed by atoms with Gasteiger partial charge in [-0.1, -0.05) is 0 Å². The highest BCUT2D eigenvalue weighted by molar-refractivity contribution is 5.75. The molecule has 1 aliphatic rings. The van der Waals surface area contributed by atoms with Crippen LogP contribution < -0.4 is 10.6 Å². The van der Waals surface area contributed by atoms with Crippen molar-refractivity contribution in [1.29, 1.82) is 0 Å². The number of nitrogens with one attached hydrogen (secondary N) is 2. The topological polar surface area (TPSA) is 44.4 Å². The Bertz CT molecular complexity index is 190. The molecule has 0 aromatic rings. The molecule has 1 saturated heterocycles. The lowest BCUT2D eigenvalue weighted by Crippen LogP contribution is -2.36. The normalized spacial score (nSPS) is 20.9. The number of hydrogen-bond acceptors (Lipinski definition) is 3. The van der Waals surface area contributed by atoms with Crippen molar-refractivity contribution in [2.45, 2.75) is 31.7 Å². The quantitative estimate of drug-likeness (QED) is 0.662. The van der Waals surface area contributed by atoms with Crippen LogP contribution in [0.15, 0.2) is 0 Å². The van der Waals surface area contributed by atoms with Crippen LogP contribution in [0.4, 0.5) is 0 Å². The molecule has 1 rings (SSSR count). The standard InChI is InChI=1S/C11H23N3O/c1-12-11(15)6-4-8-14(2)9-10-5-3-7-13-10/h10,13H,3-9H2,1-2H3,(H,12,15). The summed E-state index contributed by atoms with van der Waals surface area (Å²) < 4.78 is 0. The fourth-order valence-electron chi connectivity index (χ4n) is 2.01. The van der Waals surface area contributed by atoms with Crippen LogP contribution in [0.5, 0.6) is 0 Å². The van der Waals surface area contributed by atoms with Crippen molar-refractivity contribution >= 4 is 5.91 Å². The predicted octanol–water partition coefficient (Wildman–Crippen LogP) is 0.196. The molecule has 1 unspecified atom stereocenters. The van der Waals surface area contributed by atoms with Crippen LogP contribution in [0.1, 0.15) is 25.7 Å². The molecule has 4 nitrogen and oxygen atoms in total. The third-order valence-electron chi connectivity index (χ3n) is 2.92. The minimum atomic E-state index is 0.141. The Balaban J connectivity index is 2.02. The number of nitrogens with zero attached hydrogens (tertiary/aromatic N) is 1. The Morgan fingerprint density at radius 2 is 2.40 bits per heavy atom. The van der Waals surface area contributed by atoms with Gasteiger partial charge in [0, 0.05) is 26.1 Å². The monoisotopic (exact) mass is 213 g/mol. The van der Waals surface area contributed by atoms with Crippen molar-refractivity contribution in [2.24, 2.45) is 0 Å². The van der Waals surface area contributed by atoms with Crippen molar-refractivity contribution in [2.75, 3.05) is 33.7 Å². The van der Waals surface area contributed by atoms with Gasteiger partial charge in [0.2, 0.25) is 5.91 Å². The van der Waals surface area contributed by atoms with E-state index in [-0.39, 0.29) is 5.91 Å². The van der Waals surface area contributed by atoms with Crippen LogP contribution in [0.25, 0.3) is 0 Å².